The molecule has 2 aromatic rings. The van der Waals surface area contributed by atoms with Crippen LogP contribution in [-0.2, 0) is 4.79 Å². The molecule has 0 unspecified atom stereocenters. The maximum absolute atomic E-state index is 11.0. The molecule has 3 rings (SSSR count). The van der Waals surface area contributed by atoms with Crippen molar-refractivity contribution >= 4 is 17.7 Å². The van der Waals surface area contributed by atoms with Crippen LogP contribution in [0.5, 0.6) is 0 Å². The highest BCUT2D eigenvalue weighted by molar-refractivity contribution is 5.62. The number of aldehydes is 1. The molecule has 27 heavy (non-hydrogen) atoms. The van der Waals surface area contributed by atoms with Crippen LogP contribution in [0.15, 0.2) is 60.7 Å². The summed E-state index contributed by atoms with van der Waals surface area (Å²) in [6, 6.07) is 21.3. The monoisotopic (exact) mass is 364 g/mol. The molecule has 0 bridgehead atoms. The van der Waals surface area contributed by atoms with E-state index >= 15 is 0 Å². The van der Waals surface area contributed by atoms with Gasteiger partial charge in [-0.15, -0.1) is 0 Å². The van der Waals surface area contributed by atoms with E-state index < -0.39 is 0 Å². The number of carbonyl (C=O) groups excluding carboxylic acids is 1. The summed E-state index contributed by atoms with van der Waals surface area (Å²) in [4.78, 5) is 15.9. The normalized spacial score (nSPS) is 17.6. The smallest absolute Gasteiger partial charge is 0.124 e. The Morgan fingerprint density at radius 1 is 0.889 bits per heavy atom. The molecule has 0 amide bonds. The average molecular weight is 365 g/mol. The van der Waals surface area contributed by atoms with Crippen LogP contribution in [-0.4, -0.2) is 37.4 Å². The van der Waals surface area contributed by atoms with Crippen molar-refractivity contribution in [2.75, 3.05) is 31.1 Å². The first-order valence-corrected chi connectivity index (χ1v) is 10.4. The standard InChI is InChI=1S/C24H32N2O/c27-21-22-12-11-18-25(20-22)17-9-1-2-10-19-26(23-13-5-3-6-14-23)24-15-7-4-8-16-24/h3-8,13-16,21-22H,1-2,9-12,17-20H2/t22-/m1/s1. The van der Waals surface area contributed by atoms with Crippen LogP contribution in [0.1, 0.15) is 38.5 Å². The minimum absolute atomic E-state index is 0.268. The number of rotatable bonds is 10. The van der Waals surface area contributed by atoms with E-state index in [0.29, 0.717) is 0 Å². The Morgan fingerprint density at radius 3 is 2.15 bits per heavy atom. The van der Waals surface area contributed by atoms with E-state index in [2.05, 4.69) is 70.5 Å². The first-order chi connectivity index (χ1) is 13.4. The lowest BCUT2D eigenvalue weighted by Gasteiger charge is -2.30. The zero-order valence-corrected chi connectivity index (χ0v) is 16.3. The minimum atomic E-state index is 0.268. The van der Waals surface area contributed by atoms with Gasteiger partial charge in [0.05, 0.1) is 0 Å². The third-order valence-electron chi connectivity index (χ3n) is 5.48. The highest BCUT2D eigenvalue weighted by atomic mass is 16.1. The highest BCUT2D eigenvalue weighted by Gasteiger charge is 2.18. The largest absolute Gasteiger partial charge is 0.341 e. The molecule has 3 nitrogen and oxygen atoms in total. The zero-order valence-electron chi connectivity index (χ0n) is 16.3. The van der Waals surface area contributed by atoms with Crippen LogP contribution in [0.25, 0.3) is 0 Å². The predicted molar refractivity (Wildman–Crippen MR) is 114 cm³/mol. The summed E-state index contributed by atoms with van der Waals surface area (Å²) in [5.74, 6) is 0.268. The summed E-state index contributed by atoms with van der Waals surface area (Å²) >= 11 is 0. The van der Waals surface area contributed by atoms with Crippen molar-refractivity contribution < 1.29 is 4.79 Å². The predicted octanol–water partition coefficient (Wildman–Crippen LogP) is 5.30. The van der Waals surface area contributed by atoms with Gasteiger partial charge >= 0.3 is 0 Å². The lowest BCUT2D eigenvalue weighted by Crippen LogP contribution is -2.36. The minimum Gasteiger partial charge on any atom is -0.341 e. The van der Waals surface area contributed by atoms with Gasteiger partial charge in [-0.25, -0.2) is 0 Å². The lowest BCUT2D eigenvalue weighted by molar-refractivity contribution is -0.112. The molecule has 0 N–H and O–H groups in total. The molecule has 0 radical (unpaired) electrons. The second kappa shape index (κ2) is 10.9. The number of benzene rings is 2. The maximum Gasteiger partial charge on any atom is 0.124 e. The summed E-state index contributed by atoms with van der Waals surface area (Å²) < 4.78 is 0. The molecule has 1 aliphatic heterocycles. The third kappa shape index (κ3) is 6.21. The third-order valence-corrected chi connectivity index (χ3v) is 5.48. The van der Waals surface area contributed by atoms with Gasteiger partial charge in [0.1, 0.15) is 6.29 Å². The Morgan fingerprint density at radius 2 is 1.52 bits per heavy atom. The van der Waals surface area contributed by atoms with E-state index in [9.17, 15) is 4.79 Å². The maximum atomic E-state index is 11.0. The van der Waals surface area contributed by atoms with Crippen molar-refractivity contribution in [2.24, 2.45) is 5.92 Å². The van der Waals surface area contributed by atoms with Crippen molar-refractivity contribution in [3.05, 3.63) is 60.7 Å². The first kappa shape index (κ1) is 19.6. The molecule has 1 atom stereocenters. The van der Waals surface area contributed by atoms with E-state index in [-0.39, 0.29) is 5.92 Å². The Balaban J connectivity index is 1.41. The van der Waals surface area contributed by atoms with Gasteiger partial charge in [-0.1, -0.05) is 49.2 Å². The zero-order chi connectivity index (χ0) is 18.7. The van der Waals surface area contributed by atoms with Gasteiger partial charge < -0.3 is 14.6 Å². The summed E-state index contributed by atoms with van der Waals surface area (Å²) in [5, 5.41) is 0. The molecular weight excluding hydrogens is 332 g/mol. The number of para-hydroxylation sites is 2. The Labute approximate surface area is 164 Å². The summed E-state index contributed by atoms with van der Waals surface area (Å²) in [6.07, 6.45) is 8.35. The van der Waals surface area contributed by atoms with Crippen molar-refractivity contribution in [3.63, 3.8) is 0 Å². The molecule has 1 saturated heterocycles. The van der Waals surface area contributed by atoms with Crippen LogP contribution in [0, 0.1) is 5.92 Å². The van der Waals surface area contributed by atoms with Crippen molar-refractivity contribution in [1.82, 2.24) is 4.90 Å². The first-order valence-electron chi connectivity index (χ1n) is 10.4. The van der Waals surface area contributed by atoms with Gasteiger partial charge in [0.2, 0.25) is 0 Å². The van der Waals surface area contributed by atoms with Crippen LogP contribution >= 0.6 is 0 Å². The Kier molecular flexibility index (Phi) is 7.91. The molecule has 1 aliphatic rings. The van der Waals surface area contributed by atoms with E-state index in [4.69, 9.17) is 0 Å². The molecule has 0 spiro atoms. The molecule has 3 heteroatoms. The SMILES string of the molecule is O=C[C@@H]1CCCN(CCCCCCN(c2ccccc2)c2ccccc2)C1. The molecule has 0 aliphatic carbocycles. The number of hydrogen-bond acceptors (Lipinski definition) is 3. The molecule has 1 fully saturated rings. The quantitative estimate of drug-likeness (QED) is 0.422. The number of hydrogen-bond donors (Lipinski definition) is 0. The topological polar surface area (TPSA) is 23.6 Å². The number of unbranched alkanes of at least 4 members (excludes halogenated alkanes) is 3. The molecule has 1 heterocycles. The molecular formula is C24H32N2O. The fraction of sp³-hybridized carbons (Fsp3) is 0.458. The molecule has 144 valence electrons. The average Bonchev–Trinajstić information content (AvgIpc) is 2.74. The summed E-state index contributed by atoms with van der Waals surface area (Å²) in [7, 11) is 0. The van der Waals surface area contributed by atoms with E-state index in [1.54, 1.807) is 0 Å². The second-order valence-corrected chi connectivity index (χ2v) is 7.58. The van der Waals surface area contributed by atoms with Gasteiger partial charge in [-0.05, 0) is 63.0 Å². The second-order valence-electron chi connectivity index (χ2n) is 7.58. The van der Waals surface area contributed by atoms with E-state index in [1.165, 1.54) is 50.0 Å². The van der Waals surface area contributed by atoms with Crippen LogP contribution in [0.4, 0.5) is 11.4 Å². The molecule has 0 aromatic heterocycles. The van der Waals surface area contributed by atoms with Gasteiger partial charge in [0.25, 0.3) is 0 Å². The summed E-state index contributed by atoms with van der Waals surface area (Å²) in [6.45, 7) is 4.33. The van der Waals surface area contributed by atoms with Crippen LogP contribution in [0.3, 0.4) is 0 Å². The fourth-order valence-corrected chi connectivity index (χ4v) is 3.99. The van der Waals surface area contributed by atoms with Crippen molar-refractivity contribution in [1.29, 1.82) is 0 Å². The number of nitrogens with zero attached hydrogens (tertiary/aromatic N) is 2. The van der Waals surface area contributed by atoms with E-state index in [1.807, 2.05) is 0 Å². The van der Waals surface area contributed by atoms with Gasteiger partial charge in [-0.2, -0.15) is 0 Å². The van der Waals surface area contributed by atoms with Crippen LogP contribution < -0.4 is 4.90 Å². The van der Waals surface area contributed by atoms with E-state index in [0.717, 1.165) is 32.3 Å². The van der Waals surface area contributed by atoms with Crippen molar-refractivity contribution in [2.45, 2.75) is 38.5 Å². The number of carbonyl (C=O) groups is 1. The van der Waals surface area contributed by atoms with Gasteiger partial charge in [-0.3, -0.25) is 0 Å². The highest BCUT2D eigenvalue weighted by Crippen LogP contribution is 2.25. The summed E-state index contributed by atoms with van der Waals surface area (Å²) in [5.41, 5.74) is 2.52. The number of piperidine rings is 1. The van der Waals surface area contributed by atoms with Gasteiger partial charge in [0.15, 0.2) is 0 Å². The lowest BCUT2D eigenvalue weighted by atomic mass is 9.99. The van der Waals surface area contributed by atoms with Crippen molar-refractivity contribution in [3.8, 4) is 0 Å². The Hall–Kier alpha value is -2.13. The molecule has 0 saturated carbocycles. The van der Waals surface area contributed by atoms with Gasteiger partial charge in [0, 0.05) is 30.4 Å². The number of likely N-dealkylation sites (tertiary alicyclic amines) is 1. The molecule has 2 aromatic carbocycles. The number of anilines is 2. The van der Waals surface area contributed by atoms with Crippen LogP contribution in [0.2, 0.25) is 0 Å². The Bertz CT molecular complexity index is 619. The fourth-order valence-electron chi connectivity index (χ4n) is 3.99.